The van der Waals surface area contributed by atoms with Crippen LogP contribution in [0.3, 0.4) is 0 Å². The Balaban J connectivity index is 2.12. The standard InChI is InChI=1S/C30H42NO4Si.3CH3.Sn/c1-9-20-30(33)23(2)21-24(31(30)27(32)35-28(3,4)5)22-34-36(29(6,7)8,25-16-12-10-13-17-25)26-18-14-11-15-19-26;;;;/h9-19,23-24,33H,1-2,20-22H2,3-8H3;3*1H3;/t23-,24+,30?;;;;/m0..../s1. The first-order valence-corrected chi connectivity index (χ1v) is 27.0. The summed E-state index contributed by atoms with van der Waals surface area (Å²) in [5.74, 6) is -0.0541. The molecule has 0 radical (unpaired) electrons. The van der Waals surface area contributed by atoms with Gasteiger partial charge in [0.15, 0.2) is 0 Å². The van der Waals surface area contributed by atoms with Gasteiger partial charge in [0.05, 0.1) is 0 Å². The molecule has 1 heterocycles. The molecule has 3 atom stereocenters. The summed E-state index contributed by atoms with van der Waals surface area (Å²) in [5.41, 5.74) is -2.04. The summed E-state index contributed by atoms with van der Waals surface area (Å²) < 4.78 is 14.2. The van der Waals surface area contributed by atoms with E-state index in [4.69, 9.17) is 9.16 Å². The van der Waals surface area contributed by atoms with E-state index in [-0.39, 0.29) is 17.0 Å². The van der Waals surface area contributed by atoms with Gasteiger partial charge in [-0.15, -0.1) is 0 Å². The van der Waals surface area contributed by atoms with Gasteiger partial charge in [0.1, 0.15) is 0 Å². The van der Waals surface area contributed by atoms with E-state index >= 15 is 0 Å². The van der Waals surface area contributed by atoms with Crippen molar-refractivity contribution in [3.63, 3.8) is 0 Å². The molecule has 1 saturated heterocycles. The van der Waals surface area contributed by atoms with E-state index in [1.807, 2.05) is 32.9 Å². The van der Waals surface area contributed by atoms with Crippen molar-refractivity contribution in [1.82, 2.24) is 4.90 Å². The Morgan fingerprint density at radius 2 is 1.52 bits per heavy atom. The first kappa shape index (κ1) is 32.9. The van der Waals surface area contributed by atoms with Crippen molar-refractivity contribution in [1.29, 1.82) is 0 Å². The predicted octanol–water partition coefficient (Wildman–Crippen LogP) is 6.79. The van der Waals surface area contributed by atoms with Gasteiger partial charge in [-0.3, -0.25) is 0 Å². The Hall–Kier alpha value is -1.61. The number of nitrogens with zero attached hydrogens (tertiary/aromatic N) is 1. The molecule has 0 spiro atoms. The van der Waals surface area contributed by atoms with E-state index in [0.29, 0.717) is 19.4 Å². The fourth-order valence-electron chi connectivity index (χ4n) is 6.34. The summed E-state index contributed by atoms with van der Waals surface area (Å²) in [6.07, 6.45) is 2.22. The van der Waals surface area contributed by atoms with E-state index in [1.54, 1.807) is 11.0 Å². The van der Waals surface area contributed by atoms with Crippen LogP contribution in [0.2, 0.25) is 24.3 Å². The minimum atomic E-state index is -2.83. The average molecular weight is 673 g/mol. The Bertz CT molecular complexity index is 1100. The van der Waals surface area contributed by atoms with E-state index in [1.165, 1.54) is 10.4 Å². The van der Waals surface area contributed by atoms with Crippen LogP contribution in [0.5, 0.6) is 0 Å². The summed E-state index contributed by atoms with van der Waals surface area (Å²) in [5, 5.41) is 14.5. The van der Waals surface area contributed by atoms with E-state index < -0.39 is 44.1 Å². The van der Waals surface area contributed by atoms with Crippen LogP contribution in [0.15, 0.2) is 73.3 Å². The third kappa shape index (κ3) is 7.23. The molecule has 1 amide bonds. The van der Waals surface area contributed by atoms with Crippen molar-refractivity contribution < 1.29 is 19.1 Å². The van der Waals surface area contributed by atoms with Gasteiger partial charge in [-0.25, -0.2) is 0 Å². The molecular weight excluding hydrogens is 621 g/mol. The second-order valence-corrected chi connectivity index (χ2v) is 34.6. The van der Waals surface area contributed by atoms with Crippen LogP contribution in [-0.2, 0) is 9.16 Å². The zero-order chi connectivity index (χ0) is 30.0. The summed E-state index contributed by atoms with van der Waals surface area (Å²) >= 11 is -2.37. The Labute approximate surface area is 248 Å². The third-order valence-corrected chi connectivity index (χ3v) is 17.7. The van der Waals surface area contributed by atoms with E-state index in [9.17, 15) is 9.90 Å². The van der Waals surface area contributed by atoms with Crippen molar-refractivity contribution in [3.05, 3.63) is 73.3 Å². The number of rotatable bonds is 9. The van der Waals surface area contributed by atoms with Crippen LogP contribution in [0, 0.1) is 5.92 Å². The second kappa shape index (κ2) is 12.3. The van der Waals surface area contributed by atoms with Crippen LogP contribution in [-0.4, -0.2) is 66.8 Å². The number of hydrogen-bond donors (Lipinski definition) is 1. The summed E-state index contributed by atoms with van der Waals surface area (Å²) in [7, 11) is -2.83. The van der Waals surface area contributed by atoms with Crippen LogP contribution < -0.4 is 10.4 Å². The molecule has 2 aromatic rings. The molecule has 1 N–H and O–H groups in total. The van der Waals surface area contributed by atoms with Crippen molar-refractivity contribution in [2.45, 2.75) is 96.0 Å². The Kier molecular flexibility index (Phi) is 10.1. The molecule has 220 valence electrons. The Morgan fingerprint density at radius 1 is 1.02 bits per heavy atom. The molecule has 1 unspecified atom stereocenters. The number of likely N-dealkylation sites (tertiary alicyclic amines) is 1. The molecule has 3 rings (SSSR count). The van der Waals surface area contributed by atoms with Gasteiger partial charge in [0.25, 0.3) is 0 Å². The molecule has 0 saturated carbocycles. The molecule has 0 bridgehead atoms. The number of benzene rings is 2. The van der Waals surface area contributed by atoms with E-state index in [2.05, 4.69) is 90.7 Å². The van der Waals surface area contributed by atoms with Gasteiger partial charge >= 0.3 is 249 Å². The molecule has 5 nitrogen and oxygen atoms in total. The number of amides is 1. The maximum absolute atomic E-state index is 13.8. The summed E-state index contributed by atoms with van der Waals surface area (Å²) in [6.45, 7) is 16.6. The van der Waals surface area contributed by atoms with Crippen molar-refractivity contribution in [2.24, 2.45) is 5.92 Å². The zero-order valence-electron chi connectivity index (χ0n) is 26.2. The van der Waals surface area contributed by atoms with Crippen LogP contribution in [0.1, 0.15) is 54.4 Å². The van der Waals surface area contributed by atoms with Gasteiger partial charge in [-0.05, 0) is 0 Å². The molecule has 1 aliphatic rings. The first-order chi connectivity index (χ1) is 18.4. The average Bonchev–Trinajstić information content (AvgIpc) is 3.08. The minimum absolute atomic E-state index is 0.0541. The van der Waals surface area contributed by atoms with Gasteiger partial charge in [0.2, 0.25) is 0 Å². The molecule has 0 aliphatic carbocycles. The molecular formula is C33H51NO4SiSn. The number of aliphatic hydroxyl groups is 1. The first-order valence-electron chi connectivity index (χ1n) is 14.6. The maximum atomic E-state index is 13.8. The Morgan fingerprint density at radius 3 is 1.93 bits per heavy atom. The third-order valence-electron chi connectivity index (χ3n) is 7.80. The van der Waals surface area contributed by atoms with Crippen LogP contribution >= 0.6 is 0 Å². The molecule has 0 aromatic heterocycles. The number of ether oxygens (including phenoxy) is 1. The number of hydrogen-bond acceptors (Lipinski definition) is 4. The van der Waals surface area contributed by atoms with Crippen molar-refractivity contribution >= 4 is 43.2 Å². The zero-order valence-corrected chi connectivity index (χ0v) is 30.0. The van der Waals surface area contributed by atoms with Gasteiger partial charge < -0.3 is 0 Å². The SMILES string of the molecule is C=CCC1(O)[C@@H]([CH2][Sn]([CH3])([CH3])[CH3])C[C@H](CO[Si](c2ccccc2)(c2ccccc2)C(C)(C)C)N1C(=O)OC(C)(C)C. The van der Waals surface area contributed by atoms with Crippen molar-refractivity contribution in [3.8, 4) is 0 Å². The quantitative estimate of drug-likeness (QED) is 0.236. The van der Waals surface area contributed by atoms with Crippen LogP contribution in [0.4, 0.5) is 4.79 Å². The fraction of sp³-hybridized carbons (Fsp3) is 0.545. The van der Waals surface area contributed by atoms with Gasteiger partial charge in [-0.2, -0.15) is 0 Å². The normalized spacial score (nSPS) is 22.3. The summed E-state index contributed by atoms with van der Waals surface area (Å²) in [4.78, 5) is 22.6. The van der Waals surface area contributed by atoms with E-state index in [0.717, 1.165) is 4.44 Å². The summed E-state index contributed by atoms with van der Waals surface area (Å²) in [6, 6.07) is 20.8. The van der Waals surface area contributed by atoms with Crippen molar-refractivity contribution in [2.75, 3.05) is 6.61 Å². The molecule has 40 heavy (non-hydrogen) atoms. The fourth-order valence-corrected chi connectivity index (χ4v) is 16.6. The molecule has 1 aliphatic heterocycles. The molecule has 7 heteroatoms. The second-order valence-electron chi connectivity index (χ2n) is 14.5. The predicted molar refractivity (Wildman–Crippen MR) is 171 cm³/mol. The topological polar surface area (TPSA) is 59.0 Å². The number of carbonyl (C=O) groups is 1. The molecule has 1 fully saturated rings. The van der Waals surface area contributed by atoms with Gasteiger partial charge in [0, 0.05) is 0 Å². The van der Waals surface area contributed by atoms with Gasteiger partial charge in [-0.1, -0.05) is 0 Å². The molecule has 2 aromatic carbocycles. The monoisotopic (exact) mass is 673 g/mol. The number of carbonyl (C=O) groups excluding carboxylic acids is 1. The van der Waals surface area contributed by atoms with Crippen LogP contribution in [0.25, 0.3) is 0 Å².